The molecule has 6 nitrogen and oxygen atoms in total. The fraction of sp³-hybridized carbons (Fsp3) is 0.0435. The third kappa shape index (κ3) is 3.96. The number of hydrogen-bond donors (Lipinski definition) is 3. The maximum Gasteiger partial charge on any atom is 0.339 e. The molecule has 0 aliphatic heterocycles. The van der Waals surface area contributed by atoms with Gasteiger partial charge in [-0.15, -0.1) is 0 Å². The molecule has 4 aromatic rings. The van der Waals surface area contributed by atoms with Crippen LogP contribution in [0.1, 0.15) is 10.4 Å². The van der Waals surface area contributed by atoms with Crippen LogP contribution in [0.3, 0.4) is 0 Å². The first kappa shape index (κ1) is 18.3. The van der Waals surface area contributed by atoms with Gasteiger partial charge in [0.25, 0.3) is 0 Å². The van der Waals surface area contributed by atoms with Crippen LogP contribution in [0.25, 0.3) is 22.2 Å². The molecule has 0 aliphatic carbocycles. The first-order chi connectivity index (χ1) is 14.1. The predicted molar refractivity (Wildman–Crippen MR) is 114 cm³/mol. The van der Waals surface area contributed by atoms with Crippen LogP contribution in [0.4, 0.5) is 16.2 Å². The number of benzene rings is 3. The normalized spacial score (nSPS) is 10.5. The van der Waals surface area contributed by atoms with Gasteiger partial charge in [0.1, 0.15) is 0 Å². The van der Waals surface area contributed by atoms with Crippen molar-refractivity contribution in [2.24, 2.45) is 0 Å². The molecule has 1 aromatic heterocycles. The molecule has 0 radical (unpaired) electrons. The van der Waals surface area contributed by atoms with Gasteiger partial charge < -0.3 is 20.4 Å². The maximum atomic E-state index is 12.3. The van der Waals surface area contributed by atoms with Gasteiger partial charge in [-0.25, -0.2) is 9.59 Å². The first-order valence-electron chi connectivity index (χ1n) is 9.07. The molecule has 144 valence electrons. The van der Waals surface area contributed by atoms with E-state index in [1.165, 1.54) is 7.11 Å². The third-order valence-corrected chi connectivity index (χ3v) is 4.56. The Kier molecular flexibility index (Phi) is 4.99. The van der Waals surface area contributed by atoms with Crippen LogP contribution in [0, 0.1) is 0 Å². The van der Waals surface area contributed by atoms with E-state index >= 15 is 0 Å². The Labute approximate surface area is 167 Å². The average Bonchev–Trinajstić information content (AvgIpc) is 3.18. The zero-order valence-corrected chi connectivity index (χ0v) is 15.7. The lowest BCUT2D eigenvalue weighted by Crippen LogP contribution is -2.21. The topological polar surface area (TPSA) is 83.2 Å². The van der Waals surface area contributed by atoms with Crippen LogP contribution in [-0.2, 0) is 4.74 Å². The largest absolute Gasteiger partial charge is 0.465 e. The van der Waals surface area contributed by atoms with E-state index in [0.717, 1.165) is 22.2 Å². The number of aromatic nitrogens is 1. The Bertz CT molecular complexity index is 1150. The highest BCUT2D eigenvalue weighted by molar-refractivity contribution is 6.05. The summed E-state index contributed by atoms with van der Waals surface area (Å²) in [6.07, 6.45) is 0. The molecule has 1 heterocycles. The molecule has 3 aromatic carbocycles. The van der Waals surface area contributed by atoms with Gasteiger partial charge >= 0.3 is 12.0 Å². The van der Waals surface area contributed by atoms with Crippen molar-refractivity contribution in [2.75, 3.05) is 17.7 Å². The second-order valence-corrected chi connectivity index (χ2v) is 6.46. The number of amides is 2. The Morgan fingerprint density at radius 3 is 2.34 bits per heavy atom. The zero-order valence-electron chi connectivity index (χ0n) is 15.7. The van der Waals surface area contributed by atoms with E-state index in [-0.39, 0.29) is 0 Å². The number of para-hydroxylation sites is 2. The minimum Gasteiger partial charge on any atom is -0.465 e. The Morgan fingerprint density at radius 1 is 0.862 bits per heavy atom. The smallest absolute Gasteiger partial charge is 0.339 e. The number of carbonyl (C=O) groups excluding carboxylic acids is 2. The highest BCUT2D eigenvalue weighted by Gasteiger charge is 2.13. The van der Waals surface area contributed by atoms with Crippen molar-refractivity contribution < 1.29 is 14.3 Å². The van der Waals surface area contributed by atoms with Crippen LogP contribution in [0.5, 0.6) is 0 Å². The molecule has 0 fully saturated rings. The summed E-state index contributed by atoms with van der Waals surface area (Å²) in [6.45, 7) is 0. The van der Waals surface area contributed by atoms with Crippen molar-refractivity contribution >= 4 is 34.3 Å². The Hall–Kier alpha value is -4.06. The number of aromatic amines is 1. The van der Waals surface area contributed by atoms with Crippen LogP contribution in [-0.4, -0.2) is 24.1 Å². The fourth-order valence-electron chi connectivity index (χ4n) is 3.13. The second-order valence-electron chi connectivity index (χ2n) is 6.46. The van der Waals surface area contributed by atoms with Gasteiger partial charge in [-0.05, 0) is 42.0 Å². The van der Waals surface area contributed by atoms with Crippen molar-refractivity contribution in [3.05, 3.63) is 84.4 Å². The predicted octanol–water partition coefficient (Wildman–Crippen LogP) is 5.27. The quantitative estimate of drug-likeness (QED) is 0.419. The monoisotopic (exact) mass is 385 g/mol. The first-order valence-corrected chi connectivity index (χ1v) is 9.07. The summed E-state index contributed by atoms with van der Waals surface area (Å²) in [5.74, 6) is -0.511. The van der Waals surface area contributed by atoms with E-state index in [1.54, 1.807) is 24.3 Å². The number of ether oxygens (including phenoxy) is 1. The van der Waals surface area contributed by atoms with Crippen molar-refractivity contribution in [1.82, 2.24) is 4.98 Å². The number of nitrogens with one attached hydrogen (secondary N) is 3. The fourth-order valence-corrected chi connectivity index (χ4v) is 3.13. The lowest BCUT2D eigenvalue weighted by atomic mass is 10.1. The molecule has 0 atom stereocenters. The van der Waals surface area contributed by atoms with Crippen LogP contribution in [0.2, 0.25) is 0 Å². The Balaban J connectivity index is 1.46. The molecular weight excluding hydrogens is 366 g/mol. The molecule has 0 spiro atoms. The highest BCUT2D eigenvalue weighted by atomic mass is 16.5. The molecule has 0 saturated heterocycles. The van der Waals surface area contributed by atoms with Crippen molar-refractivity contribution in [3.8, 4) is 11.3 Å². The molecule has 0 aliphatic rings. The molecular formula is C23H19N3O3. The van der Waals surface area contributed by atoms with E-state index in [0.29, 0.717) is 16.9 Å². The number of hydrogen-bond acceptors (Lipinski definition) is 3. The summed E-state index contributed by atoms with van der Waals surface area (Å²) < 4.78 is 4.74. The highest BCUT2D eigenvalue weighted by Crippen LogP contribution is 2.25. The molecule has 0 unspecified atom stereocenters. The van der Waals surface area contributed by atoms with Crippen LogP contribution in [0.15, 0.2) is 78.9 Å². The average molecular weight is 385 g/mol. The molecule has 29 heavy (non-hydrogen) atoms. The number of anilines is 2. The van der Waals surface area contributed by atoms with Crippen molar-refractivity contribution in [3.63, 3.8) is 0 Å². The second kappa shape index (κ2) is 7.90. The summed E-state index contributed by atoms with van der Waals surface area (Å²) in [5.41, 5.74) is 4.41. The van der Waals surface area contributed by atoms with E-state index in [4.69, 9.17) is 4.74 Å². The number of urea groups is 1. The van der Waals surface area contributed by atoms with Gasteiger partial charge in [0, 0.05) is 22.3 Å². The SMILES string of the molecule is COC(=O)c1ccccc1NC(=O)Nc1ccc(-c2cc3ccccc3[nH]2)cc1. The number of methoxy groups -OCH3 is 1. The lowest BCUT2D eigenvalue weighted by Gasteiger charge is -2.11. The summed E-state index contributed by atoms with van der Waals surface area (Å²) in [5, 5.41) is 6.60. The maximum absolute atomic E-state index is 12.3. The van der Waals surface area contributed by atoms with Crippen LogP contribution >= 0.6 is 0 Å². The summed E-state index contributed by atoms with van der Waals surface area (Å²) in [7, 11) is 1.30. The zero-order chi connectivity index (χ0) is 20.2. The van der Waals surface area contributed by atoms with Crippen molar-refractivity contribution in [1.29, 1.82) is 0 Å². The summed E-state index contributed by atoms with van der Waals surface area (Å²) >= 11 is 0. The van der Waals surface area contributed by atoms with E-state index in [2.05, 4.69) is 27.8 Å². The van der Waals surface area contributed by atoms with E-state index < -0.39 is 12.0 Å². The third-order valence-electron chi connectivity index (χ3n) is 4.56. The number of carbonyl (C=O) groups is 2. The van der Waals surface area contributed by atoms with Gasteiger partial charge in [0.15, 0.2) is 0 Å². The molecule has 3 N–H and O–H groups in total. The van der Waals surface area contributed by atoms with Gasteiger partial charge in [-0.2, -0.15) is 0 Å². The van der Waals surface area contributed by atoms with Gasteiger partial charge in [-0.1, -0.05) is 42.5 Å². The number of esters is 1. The molecule has 2 amide bonds. The van der Waals surface area contributed by atoms with E-state index in [1.807, 2.05) is 42.5 Å². The molecule has 6 heteroatoms. The minimum atomic E-state index is -0.511. The number of H-pyrrole nitrogens is 1. The molecule has 4 rings (SSSR count). The van der Waals surface area contributed by atoms with Gasteiger partial charge in [0.2, 0.25) is 0 Å². The summed E-state index contributed by atoms with van der Waals surface area (Å²) in [4.78, 5) is 27.5. The number of rotatable bonds is 4. The molecule has 0 bridgehead atoms. The van der Waals surface area contributed by atoms with Gasteiger partial charge in [-0.3, -0.25) is 0 Å². The Morgan fingerprint density at radius 2 is 1.59 bits per heavy atom. The lowest BCUT2D eigenvalue weighted by molar-refractivity contribution is 0.0602. The standard InChI is InChI=1S/C23H19N3O3/c1-29-22(27)18-7-3-5-9-20(18)26-23(28)24-17-12-10-15(11-13-17)21-14-16-6-2-4-8-19(16)25-21/h2-14,25H,1H3,(H2,24,26,28). The van der Waals surface area contributed by atoms with Crippen molar-refractivity contribution in [2.45, 2.75) is 0 Å². The minimum absolute atomic E-state index is 0.291. The molecule has 0 saturated carbocycles. The number of fused-ring (bicyclic) bond motifs is 1. The van der Waals surface area contributed by atoms with E-state index in [9.17, 15) is 9.59 Å². The van der Waals surface area contributed by atoms with Crippen LogP contribution < -0.4 is 10.6 Å². The summed E-state index contributed by atoms with van der Waals surface area (Å²) in [6, 6.07) is 23.9. The van der Waals surface area contributed by atoms with Gasteiger partial charge in [0.05, 0.1) is 18.4 Å².